The van der Waals surface area contributed by atoms with E-state index in [2.05, 4.69) is 0 Å². The Morgan fingerprint density at radius 1 is 1.05 bits per heavy atom. The third-order valence-electron chi connectivity index (χ3n) is 6.10. The SMILES string of the molecule is COC(=O)C1CN(C(=O)CN(CCc2ccccc2)S(=O)(=O)c2ccc(OC)c(Cl)c2)c2ccccc2O1. The molecule has 3 aromatic rings. The summed E-state index contributed by atoms with van der Waals surface area (Å²) >= 11 is 6.22. The summed E-state index contributed by atoms with van der Waals surface area (Å²) in [5, 5.41) is 0.130. The molecule has 9 nitrogen and oxygen atoms in total. The van der Waals surface area contributed by atoms with Crippen LogP contribution in [0.25, 0.3) is 0 Å². The van der Waals surface area contributed by atoms with Gasteiger partial charge in [-0.25, -0.2) is 13.2 Å². The van der Waals surface area contributed by atoms with Gasteiger partial charge in [0.05, 0.1) is 42.9 Å². The third-order valence-corrected chi connectivity index (χ3v) is 8.24. The molecule has 0 aliphatic carbocycles. The monoisotopic (exact) mass is 558 g/mol. The zero-order chi connectivity index (χ0) is 27.3. The van der Waals surface area contributed by atoms with Crippen LogP contribution in [0.2, 0.25) is 5.02 Å². The molecule has 0 saturated heterocycles. The summed E-state index contributed by atoms with van der Waals surface area (Å²) in [7, 11) is -1.48. The van der Waals surface area contributed by atoms with E-state index in [-0.39, 0.29) is 23.0 Å². The number of halogens is 1. The molecule has 0 N–H and O–H groups in total. The predicted octanol–water partition coefficient (Wildman–Crippen LogP) is 3.55. The van der Waals surface area contributed by atoms with Crippen LogP contribution >= 0.6 is 11.6 Å². The van der Waals surface area contributed by atoms with Crippen molar-refractivity contribution in [3.05, 3.63) is 83.4 Å². The average molecular weight is 559 g/mol. The fourth-order valence-corrected chi connectivity index (χ4v) is 5.84. The summed E-state index contributed by atoms with van der Waals surface area (Å²) < 4.78 is 44.3. The smallest absolute Gasteiger partial charge is 0.348 e. The van der Waals surface area contributed by atoms with E-state index in [0.29, 0.717) is 23.6 Å². The topological polar surface area (TPSA) is 102 Å². The molecule has 3 aromatic carbocycles. The summed E-state index contributed by atoms with van der Waals surface area (Å²) in [4.78, 5) is 27.2. The second kappa shape index (κ2) is 11.8. The van der Waals surface area contributed by atoms with Crippen LogP contribution in [-0.2, 0) is 30.8 Å². The Labute approximate surface area is 226 Å². The lowest BCUT2D eigenvalue weighted by Gasteiger charge is -2.34. The van der Waals surface area contributed by atoms with E-state index in [1.165, 1.54) is 37.3 Å². The number of sulfonamides is 1. The summed E-state index contributed by atoms with van der Waals surface area (Å²) in [6.07, 6.45) is -0.671. The molecular formula is C27H27ClN2O7S. The quantitative estimate of drug-likeness (QED) is 0.370. The molecule has 11 heteroatoms. The number of carbonyl (C=O) groups excluding carboxylic acids is 2. The lowest BCUT2D eigenvalue weighted by atomic mass is 10.1. The van der Waals surface area contributed by atoms with Crippen LogP contribution in [0.15, 0.2) is 77.7 Å². The molecule has 1 atom stereocenters. The average Bonchev–Trinajstić information content (AvgIpc) is 2.94. The van der Waals surface area contributed by atoms with E-state index >= 15 is 0 Å². The number of fused-ring (bicyclic) bond motifs is 1. The minimum Gasteiger partial charge on any atom is -0.495 e. The summed E-state index contributed by atoms with van der Waals surface area (Å²) in [6.45, 7) is -0.557. The lowest BCUT2D eigenvalue weighted by molar-refractivity contribution is -0.148. The molecular weight excluding hydrogens is 532 g/mol. The van der Waals surface area contributed by atoms with Crippen LogP contribution in [-0.4, -0.2) is 64.6 Å². The molecule has 0 radical (unpaired) electrons. The minimum atomic E-state index is -4.14. The van der Waals surface area contributed by atoms with Crippen molar-refractivity contribution in [2.45, 2.75) is 17.4 Å². The van der Waals surface area contributed by atoms with E-state index in [1.54, 1.807) is 24.3 Å². The van der Waals surface area contributed by atoms with Crippen LogP contribution in [0.4, 0.5) is 5.69 Å². The molecule has 200 valence electrons. The Hall–Kier alpha value is -3.60. The number of methoxy groups -OCH3 is 2. The highest BCUT2D eigenvalue weighted by Gasteiger charge is 2.36. The van der Waals surface area contributed by atoms with Gasteiger partial charge in [0.1, 0.15) is 11.5 Å². The van der Waals surface area contributed by atoms with Crippen molar-refractivity contribution in [2.75, 3.05) is 38.8 Å². The maximum absolute atomic E-state index is 13.7. The van der Waals surface area contributed by atoms with Gasteiger partial charge < -0.3 is 19.1 Å². The number of hydrogen-bond donors (Lipinski definition) is 0. The Balaban J connectivity index is 1.66. The zero-order valence-corrected chi connectivity index (χ0v) is 22.4. The molecule has 4 rings (SSSR count). The number of para-hydroxylation sites is 2. The molecule has 1 aliphatic rings. The van der Waals surface area contributed by atoms with Gasteiger partial charge in [0.2, 0.25) is 22.0 Å². The molecule has 1 aliphatic heterocycles. The van der Waals surface area contributed by atoms with Gasteiger partial charge in [0, 0.05) is 6.54 Å². The van der Waals surface area contributed by atoms with Crippen LogP contribution < -0.4 is 14.4 Å². The number of rotatable bonds is 9. The zero-order valence-electron chi connectivity index (χ0n) is 20.9. The highest BCUT2D eigenvalue weighted by molar-refractivity contribution is 7.89. The van der Waals surface area contributed by atoms with Crippen LogP contribution in [0.3, 0.4) is 0 Å². The molecule has 1 amide bonds. The number of benzene rings is 3. The Bertz CT molecular complexity index is 1420. The van der Waals surface area contributed by atoms with E-state index < -0.39 is 34.5 Å². The van der Waals surface area contributed by atoms with Gasteiger partial charge in [0.15, 0.2) is 0 Å². The molecule has 0 fully saturated rings. The number of esters is 1. The second-order valence-electron chi connectivity index (χ2n) is 8.47. The number of nitrogens with zero attached hydrogens (tertiary/aromatic N) is 2. The first-order chi connectivity index (χ1) is 18.2. The summed E-state index contributed by atoms with van der Waals surface area (Å²) in [5.74, 6) is -0.510. The van der Waals surface area contributed by atoms with E-state index in [1.807, 2.05) is 30.3 Å². The number of anilines is 1. The third kappa shape index (κ3) is 5.93. The number of ether oxygens (including phenoxy) is 3. The molecule has 1 heterocycles. The number of amides is 1. The Kier molecular flexibility index (Phi) is 8.55. The lowest BCUT2D eigenvalue weighted by Crippen LogP contribution is -2.51. The normalized spacial score (nSPS) is 14.9. The Morgan fingerprint density at radius 3 is 2.45 bits per heavy atom. The van der Waals surface area contributed by atoms with E-state index in [9.17, 15) is 18.0 Å². The van der Waals surface area contributed by atoms with E-state index in [4.69, 9.17) is 25.8 Å². The van der Waals surface area contributed by atoms with Crippen molar-refractivity contribution >= 4 is 39.2 Å². The summed E-state index contributed by atoms with van der Waals surface area (Å²) in [6, 6.07) is 20.3. The van der Waals surface area contributed by atoms with Crippen molar-refractivity contribution in [2.24, 2.45) is 0 Å². The van der Waals surface area contributed by atoms with Gasteiger partial charge in [-0.2, -0.15) is 4.31 Å². The van der Waals surface area contributed by atoms with Crippen molar-refractivity contribution < 1.29 is 32.2 Å². The molecule has 0 spiro atoms. The molecule has 38 heavy (non-hydrogen) atoms. The van der Waals surface area contributed by atoms with Crippen LogP contribution in [0.5, 0.6) is 11.5 Å². The van der Waals surface area contributed by atoms with Crippen molar-refractivity contribution in [3.8, 4) is 11.5 Å². The first-order valence-electron chi connectivity index (χ1n) is 11.8. The molecule has 0 saturated carbocycles. The van der Waals surface area contributed by atoms with Crippen LogP contribution in [0.1, 0.15) is 5.56 Å². The van der Waals surface area contributed by atoms with Gasteiger partial charge in [-0.1, -0.05) is 54.1 Å². The minimum absolute atomic E-state index is 0.0359. The largest absolute Gasteiger partial charge is 0.495 e. The number of hydrogen-bond acceptors (Lipinski definition) is 7. The van der Waals surface area contributed by atoms with Crippen LogP contribution in [0, 0.1) is 0 Å². The van der Waals surface area contributed by atoms with Gasteiger partial charge in [-0.15, -0.1) is 0 Å². The highest BCUT2D eigenvalue weighted by atomic mass is 35.5. The Morgan fingerprint density at radius 2 is 1.76 bits per heavy atom. The molecule has 0 bridgehead atoms. The van der Waals surface area contributed by atoms with E-state index in [0.717, 1.165) is 9.87 Å². The standard InChI is InChI=1S/C27H27ClN2O7S/c1-35-23-13-12-20(16-21(23)28)38(33,34)29(15-14-19-8-4-3-5-9-19)18-26(31)30-17-25(27(32)36-2)37-24-11-7-6-10-22(24)30/h3-13,16,25H,14-15,17-18H2,1-2H3. The van der Waals surface area contributed by atoms with Gasteiger partial charge in [-0.3, -0.25) is 4.79 Å². The first kappa shape index (κ1) is 27.4. The second-order valence-corrected chi connectivity index (χ2v) is 10.8. The highest BCUT2D eigenvalue weighted by Crippen LogP contribution is 2.34. The maximum atomic E-state index is 13.7. The molecule has 0 aromatic heterocycles. The van der Waals surface area contributed by atoms with Gasteiger partial charge in [0.25, 0.3) is 0 Å². The number of carbonyl (C=O) groups is 2. The first-order valence-corrected chi connectivity index (χ1v) is 13.6. The van der Waals surface area contributed by atoms with Gasteiger partial charge in [-0.05, 0) is 42.3 Å². The van der Waals surface area contributed by atoms with Gasteiger partial charge >= 0.3 is 5.97 Å². The fourth-order valence-electron chi connectivity index (χ4n) is 4.10. The molecule has 1 unspecified atom stereocenters. The van der Waals surface area contributed by atoms with Crippen molar-refractivity contribution in [3.63, 3.8) is 0 Å². The fraction of sp³-hybridized carbons (Fsp3) is 0.259. The summed E-state index contributed by atoms with van der Waals surface area (Å²) in [5.41, 5.74) is 1.35. The maximum Gasteiger partial charge on any atom is 0.348 e. The van der Waals surface area contributed by atoms with Crippen molar-refractivity contribution in [1.29, 1.82) is 0 Å². The predicted molar refractivity (Wildman–Crippen MR) is 142 cm³/mol. The van der Waals surface area contributed by atoms with Crippen molar-refractivity contribution in [1.82, 2.24) is 4.31 Å².